The number of rotatable bonds is 10. The van der Waals surface area contributed by atoms with Gasteiger partial charge in [-0.3, -0.25) is 4.79 Å². The first-order valence-electron chi connectivity index (χ1n) is 7.04. The van der Waals surface area contributed by atoms with Crippen molar-refractivity contribution >= 4 is 5.97 Å². The molecule has 0 aromatic carbocycles. The Bertz CT molecular complexity index is 233. The molecule has 1 N–H and O–H groups in total. The van der Waals surface area contributed by atoms with Gasteiger partial charge in [-0.1, -0.05) is 20.3 Å². The van der Waals surface area contributed by atoms with Gasteiger partial charge in [0.1, 0.15) is 5.54 Å². The Balaban J connectivity index is 4.21. The quantitative estimate of drug-likeness (QED) is 0.612. The van der Waals surface area contributed by atoms with E-state index >= 15 is 0 Å². The number of carbonyl (C=O) groups excluding carboxylic acids is 1. The zero-order valence-corrected chi connectivity index (χ0v) is 12.5. The van der Waals surface area contributed by atoms with Crippen molar-refractivity contribution in [3.63, 3.8) is 0 Å². The molecule has 0 spiro atoms. The van der Waals surface area contributed by atoms with Crippen LogP contribution in [0, 0.1) is 0 Å². The third-order valence-electron chi connectivity index (χ3n) is 2.99. The molecule has 2 unspecified atom stereocenters. The summed E-state index contributed by atoms with van der Waals surface area (Å²) in [6, 6.07) is 0. The van der Waals surface area contributed by atoms with E-state index < -0.39 is 5.54 Å². The number of likely N-dealkylation sites (N-methyl/N-ethyl adjacent to an activating group) is 1. The summed E-state index contributed by atoms with van der Waals surface area (Å²) >= 11 is 0. The molecule has 0 saturated carbocycles. The molecule has 0 bridgehead atoms. The molecule has 4 heteroatoms. The molecule has 0 rings (SSSR count). The van der Waals surface area contributed by atoms with Crippen molar-refractivity contribution in [3.8, 4) is 0 Å². The van der Waals surface area contributed by atoms with E-state index in [0.717, 1.165) is 19.4 Å². The van der Waals surface area contributed by atoms with E-state index in [-0.39, 0.29) is 12.1 Å². The molecule has 0 fully saturated rings. The third-order valence-corrected chi connectivity index (χ3v) is 2.99. The predicted octanol–water partition coefficient (Wildman–Crippen LogP) is 2.51. The van der Waals surface area contributed by atoms with Crippen molar-refractivity contribution in [1.82, 2.24) is 5.32 Å². The lowest BCUT2D eigenvalue weighted by Gasteiger charge is -2.28. The molecule has 0 heterocycles. The number of esters is 1. The highest BCUT2D eigenvalue weighted by Gasteiger charge is 2.33. The summed E-state index contributed by atoms with van der Waals surface area (Å²) in [4.78, 5) is 11.9. The molecular formula is C14H29NO3. The van der Waals surface area contributed by atoms with Crippen LogP contribution in [0.3, 0.4) is 0 Å². The lowest BCUT2D eigenvalue weighted by molar-refractivity contribution is -0.151. The highest BCUT2D eigenvalue weighted by atomic mass is 16.5. The summed E-state index contributed by atoms with van der Waals surface area (Å²) in [6.07, 6.45) is 3.05. The Labute approximate surface area is 111 Å². The minimum atomic E-state index is -0.642. The molecule has 108 valence electrons. The van der Waals surface area contributed by atoms with Gasteiger partial charge in [0.25, 0.3) is 0 Å². The Morgan fingerprint density at radius 1 is 1.33 bits per heavy atom. The average Bonchev–Trinajstić information content (AvgIpc) is 2.30. The highest BCUT2D eigenvalue weighted by molar-refractivity contribution is 5.80. The fraction of sp³-hybridized carbons (Fsp3) is 0.929. The van der Waals surface area contributed by atoms with E-state index in [9.17, 15) is 4.79 Å². The van der Waals surface area contributed by atoms with Gasteiger partial charge in [-0.25, -0.2) is 0 Å². The van der Waals surface area contributed by atoms with Gasteiger partial charge >= 0.3 is 5.97 Å². The molecule has 0 aromatic rings. The Morgan fingerprint density at radius 3 is 2.50 bits per heavy atom. The Kier molecular flexibility index (Phi) is 9.02. The Morgan fingerprint density at radius 2 is 2.00 bits per heavy atom. The minimum absolute atomic E-state index is 0.196. The van der Waals surface area contributed by atoms with Gasteiger partial charge in [-0.15, -0.1) is 0 Å². The van der Waals surface area contributed by atoms with Crippen molar-refractivity contribution in [3.05, 3.63) is 0 Å². The van der Waals surface area contributed by atoms with E-state index in [1.807, 2.05) is 20.8 Å². The van der Waals surface area contributed by atoms with Crippen LogP contribution in [0.4, 0.5) is 0 Å². The van der Waals surface area contributed by atoms with E-state index in [0.29, 0.717) is 19.6 Å². The van der Waals surface area contributed by atoms with E-state index in [1.165, 1.54) is 0 Å². The molecule has 0 aromatic heterocycles. The lowest BCUT2D eigenvalue weighted by Crippen LogP contribution is -2.51. The van der Waals surface area contributed by atoms with Crippen molar-refractivity contribution in [1.29, 1.82) is 0 Å². The standard InChI is InChI=1S/C14H29NO3/c1-6-9-12(4)18-11-10-14(5,15-7-2)13(16)17-8-3/h12,15H,6-11H2,1-5H3. The van der Waals surface area contributed by atoms with Crippen LogP contribution in [0.15, 0.2) is 0 Å². The smallest absolute Gasteiger partial charge is 0.326 e. The predicted molar refractivity (Wildman–Crippen MR) is 73.7 cm³/mol. The third kappa shape index (κ3) is 6.36. The molecule has 0 aliphatic heterocycles. The van der Waals surface area contributed by atoms with Crippen LogP contribution in [0.5, 0.6) is 0 Å². The monoisotopic (exact) mass is 259 g/mol. The summed E-state index contributed by atoms with van der Waals surface area (Å²) in [5.74, 6) is -0.196. The van der Waals surface area contributed by atoms with Crippen LogP contribution >= 0.6 is 0 Å². The maximum absolute atomic E-state index is 11.9. The minimum Gasteiger partial charge on any atom is -0.465 e. The molecule has 2 atom stereocenters. The average molecular weight is 259 g/mol. The molecule has 0 aliphatic carbocycles. The van der Waals surface area contributed by atoms with Crippen LogP contribution < -0.4 is 5.32 Å². The van der Waals surface area contributed by atoms with Crippen LogP contribution in [0.1, 0.15) is 53.9 Å². The molecular weight excluding hydrogens is 230 g/mol. The second-order valence-corrected chi connectivity index (χ2v) is 4.80. The van der Waals surface area contributed by atoms with Crippen LogP contribution in [0.2, 0.25) is 0 Å². The largest absolute Gasteiger partial charge is 0.465 e. The maximum Gasteiger partial charge on any atom is 0.326 e. The zero-order valence-electron chi connectivity index (χ0n) is 12.5. The number of nitrogens with one attached hydrogen (secondary N) is 1. The van der Waals surface area contributed by atoms with Crippen molar-refractivity contribution < 1.29 is 14.3 Å². The van der Waals surface area contributed by atoms with E-state index in [2.05, 4.69) is 19.2 Å². The molecule has 18 heavy (non-hydrogen) atoms. The van der Waals surface area contributed by atoms with Crippen molar-refractivity contribution in [2.24, 2.45) is 0 Å². The van der Waals surface area contributed by atoms with Gasteiger partial charge in [-0.05, 0) is 40.2 Å². The summed E-state index contributed by atoms with van der Waals surface area (Å²) < 4.78 is 10.8. The normalized spacial score (nSPS) is 16.1. The number of carbonyl (C=O) groups is 1. The van der Waals surface area contributed by atoms with E-state index in [1.54, 1.807) is 0 Å². The summed E-state index contributed by atoms with van der Waals surface area (Å²) in [5, 5.41) is 3.19. The molecule has 0 radical (unpaired) electrons. The maximum atomic E-state index is 11.9. The topological polar surface area (TPSA) is 47.6 Å². The first kappa shape index (κ1) is 17.4. The first-order chi connectivity index (χ1) is 8.50. The Hall–Kier alpha value is -0.610. The first-order valence-corrected chi connectivity index (χ1v) is 7.04. The van der Waals surface area contributed by atoms with Gasteiger partial charge in [0.15, 0.2) is 0 Å². The van der Waals surface area contributed by atoms with Crippen molar-refractivity contribution in [2.45, 2.75) is 65.5 Å². The van der Waals surface area contributed by atoms with Crippen LogP contribution in [-0.2, 0) is 14.3 Å². The molecule has 0 aliphatic rings. The van der Waals surface area contributed by atoms with Crippen molar-refractivity contribution in [2.75, 3.05) is 19.8 Å². The van der Waals surface area contributed by atoms with Gasteiger partial charge < -0.3 is 14.8 Å². The SMILES string of the molecule is CCCC(C)OCCC(C)(NCC)C(=O)OCC. The number of hydrogen-bond acceptors (Lipinski definition) is 4. The summed E-state index contributed by atoms with van der Waals surface area (Å²) in [7, 11) is 0. The number of hydrogen-bond donors (Lipinski definition) is 1. The molecule has 0 saturated heterocycles. The van der Waals surface area contributed by atoms with Crippen LogP contribution in [-0.4, -0.2) is 37.4 Å². The van der Waals surface area contributed by atoms with Crippen LogP contribution in [0.25, 0.3) is 0 Å². The molecule has 4 nitrogen and oxygen atoms in total. The van der Waals surface area contributed by atoms with Gasteiger partial charge in [0.2, 0.25) is 0 Å². The van der Waals surface area contributed by atoms with Gasteiger partial charge in [0.05, 0.1) is 12.7 Å². The van der Waals surface area contributed by atoms with Gasteiger partial charge in [-0.2, -0.15) is 0 Å². The fourth-order valence-corrected chi connectivity index (χ4v) is 1.90. The second kappa shape index (κ2) is 9.34. The number of ether oxygens (including phenoxy) is 2. The van der Waals surface area contributed by atoms with Gasteiger partial charge in [0, 0.05) is 6.61 Å². The zero-order chi connectivity index (χ0) is 14.0. The fourth-order valence-electron chi connectivity index (χ4n) is 1.90. The van der Waals surface area contributed by atoms with E-state index in [4.69, 9.17) is 9.47 Å². The molecule has 0 amide bonds. The summed E-state index contributed by atoms with van der Waals surface area (Å²) in [5.41, 5.74) is -0.642. The summed E-state index contributed by atoms with van der Waals surface area (Å²) in [6.45, 7) is 11.6. The highest BCUT2D eigenvalue weighted by Crippen LogP contribution is 2.13. The second-order valence-electron chi connectivity index (χ2n) is 4.80. The lowest BCUT2D eigenvalue weighted by atomic mass is 9.98.